The molecule has 0 radical (unpaired) electrons. The Balaban J connectivity index is 1.63. The molecule has 0 heterocycles. The third-order valence-electron chi connectivity index (χ3n) is 2.60. The molecule has 2 rings (SSSR count). The summed E-state index contributed by atoms with van der Waals surface area (Å²) in [5.41, 5.74) is 0. The molecule has 0 aliphatic heterocycles. The van der Waals surface area contributed by atoms with Gasteiger partial charge in [0.05, 0.1) is 6.61 Å². The Labute approximate surface area is 89.6 Å². The molecule has 1 aromatic rings. The molecule has 3 heteroatoms. The molecule has 82 valence electrons. The van der Waals surface area contributed by atoms with Crippen LogP contribution in [0.5, 0.6) is 5.75 Å². The fourth-order valence-corrected chi connectivity index (χ4v) is 1.53. The molecular weight excluding hydrogens is 192 g/mol. The first-order valence-electron chi connectivity index (χ1n) is 5.33. The topological polar surface area (TPSA) is 38.7 Å². The summed E-state index contributed by atoms with van der Waals surface area (Å²) in [7, 11) is 0. The summed E-state index contributed by atoms with van der Waals surface area (Å²) in [5.74, 6) is -0.0262. The summed E-state index contributed by atoms with van der Waals surface area (Å²) in [6.07, 6.45) is 2.55. The standard InChI is InChI=1S/C12H16O3/c13-12(7-4-8-12)15-10-9-14-11-5-2-1-3-6-11/h1-3,5-6,13H,4,7-10H2. The molecule has 1 fully saturated rings. The van der Waals surface area contributed by atoms with Crippen LogP contribution in [0.3, 0.4) is 0 Å². The fourth-order valence-electron chi connectivity index (χ4n) is 1.53. The molecule has 1 aliphatic rings. The summed E-state index contributed by atoms with van der Waals surface area (Å²) < 4.78 is 10.8. The highest BCUT2D eigenvalue weighted by molar-refractivity contribution is 5.20. The second-order valence-corrected chi connectivity index (χ2v) is 3.81. The molecular formula is C12H16O3. The lowest BCUT2D eigenvalue weighted by Gasteiger charge is -2.36. The van der Waals surface area contributed by atoms with Crippen molar-refractivity contribution in [1.29, 1.82) is 0 Å². The van der Waals surface area contributed by atoms with Gasteiger partial charge in [-0.25, -0.2) is 0 Å². The minimum atomic E-state index is -0.861. The van der Waals surface area contributed by atoms with Crippen LogP contribution in [0.2, 0.25) is 0 Å². The third kappa shape index (κ3) is 2.94. The Hall–Kier alpha value is -1.06. The van der Waals surface area contributed by atoms with E-state index in [1.165, 1.54) is 0 Å². The number of rotatable bonds is 5. The minimum Gasteiger partial charge on any atom is -0.491 e. The second-order valence-electron chi connectivity index (χ2n) is 3.81. The summed E-state index contributed by atoms with van der Waals surface area (Å²) in [5, 5.41) is 9.63. The van der Waals surface area contributed by atoms with Crippen molar-refractivity contribution in [2.75, 3.05) is 13.2 Å². The van der Waals surface area contributed by atoms with Gasteiger partial charge >= 0.3 is 0 Å². The van der Waals surface area contributed by atoms with E-state index in [2.05, 4.69) is 0 Å². The molecule has 3 nitrogen and oxygen atoms in total. The maximum Gasteiger partial charge on any atom is 0.165 e. The van der Waals surface area contributed by atoms with E-state index in [1.54, 1.807) is 0 Å². The summed E-state index contributed by atoms with van der Waals surface area (Å²) in [4.78, 5) is 0. The van der Waals surface area contributed by atoms with Crippen molar-refractivity contribution in [1.82, 2.24) is 0 Å². The zero-order valence-corrected chi connectivity index (χ0v) is 8.69. The van der Waals surface area contributed by atoms with Crippen molar-refractivity contribution in [3.63, 3.8) is 0 Å². The van der Waals surface area contributed by atoms with Crippen LogP contribution in [0.25, 0.3) is 0 Å². The van der Waals surface area contributed by atoms with Crippen molar-refractivity contribution >= 4 is 0 Å². The number of para-hydroxylation sites is 1. The first-order valence-corrected chi connectivity index (χ1v) is 5.33. The lowest BCUT2D eigenvalue weighted by atomic mass is 9.92. The van der Waals surface area contributed by atoms with Gasteiger partial charge in [0.25, 0.3) is 0 Å². The molecule has 0 aromatic heterocycles. The quantitative estimate of drug-likeness (QED) is 0.593. The second kappa shape index (κ2) is 4.64. The van der Waals surface area contributed by atoms with Crippen LogP contribution in [-0.2, 0) is 4.74 Å². The smallest absolute Gasteiger partial charge is 0.165 e. The summed E-state index contributed by atoms with van der Waals surface area (Å²) >= 11 is 0. The molecule has 0 atom stereocenters. The van der Waals surface area contributed by atoms with Crippen LogP contribution in [0.1, 0.15) is 19.3 Å². The van der Waals surface area contributed by atoms with Crippen LogP contribution >= 0.6 is 0 Å². The van der Waals surface area contributed by atoms with Crippen LogP contribution in [0, 0.1) is 0 Å². The lowest BCUT2D eigenvalue weighted by molar-refractivity contribution is -0.249. The molecule has 15 heavy (non-hydrogen) atoms. The Morgan fingerprint density at radius 2 is 1.87 bits per heavy atom. The van der Waals surface area contributed by atoms with E-state index in [4.69, 9.17) is 9.47 Å². The van der Waals surface area contributed by atoms with Crippen LogP contribution in [0.15, 0.2) is 30.3 Å². The summed E-state index contributed by atoms with van der Waals surface area (Å²) in [6, 6.07) is 9.60. The van der Waals surface area contributed by atoms with Gasteiger partial charge in [-0.1, -0.05) is 18.2 Å². The predicted octanol–water partition coefficient (Wildman–Crippen LogP) is 1.95. The van der Waals surface area contributed by atoms with Crippen LogP contribution < -0.4 is 4.74 Å². The van der Waals surface area contributed by atoms with Gasteiger partial charge in [-0.05, 0) is 18.6 Å². The van der Waals surface area contributed by atoms with Crippen LogP contribution in [-0.4, -0.2) is 24.1 Å². The monoisotopic (exact) mass is 208 g/mol. The van der Waals surface area contributed by atoms with Crippen molar-refractivity contribution in [3.8, 4) is 5.75 Å². The molecule has 0 saturated heterocycles. The lowest BCUT2D eigenvalue weighted by Crippen LogP contribution is -2.40. The fraction of sp³-hybridized carbons (Fsp3) is 0.500. The maximum absolute atomic E-state index is 9.63. The largest absolute Gasteiger partial charge is 0.491 e. The first kappa shape index (κ1) is 10.5. The number of ether oxygens (including phenoxy) is 2. The molecule has 0 spiro atoms. The number of hydrogen-bond acceptors (Lipinski definition) is 3. The van der Waals surface area contributed by atoms with Crippen molar-refractivity contribution in [3.05, 3.63) is 30.3 Å². The molecule has 0 unspecified atom stereocenters. The molecule has 0 bridgehead atoms. The highest BCUT2D eigenvalue weighted by Gasteiger charge is 2.35. The van der Waals surface area contributed by atoms with Gasteiger partial charge in [-0.15, -0.1) is 0 Å². The number of hydrogen-bond donors (Lipinski definition) is 1. The van der Waals surface area contributed by atoms with Gasteiger partial charge in [0, 0.05) is 12.8 Å². The highest BCUT2D eigenvalue weighted by atomic mass is 16.6. The zero-order chi connectivity index (χ0) is 10.6. The molecule has 1 aliphatic carbocycles. The first-order chi connectivity index (χ1) is 7.29. The molecule has 1 saturated carbocycles. The Bertz CT molecular complexity index is 293. The van der Waals surface area contributed by atoms with Gasteiger partial charge in [0.2, 0.25) is 0 Å². The zero-order valence-electron chi connectivity index (χ0n) is 8.69. The SMILES string of the molecule is OC1(OCCOc2ccccc2)CCC1. The number of aliphatic hydroxyl groups is 1. The van der Waals surface area contributed by atoms with E-state index < -0.39 is 5.79 Å². The highest BCUT2D eigenvalue weighted by Crippen LogP contribution is 2.32. The average molecular weight is 208 g/mol. The van der Waals surface area contributed by atoms with Crippen molar-refractivity contribution < 1.29 is 14.6 Å². The maximum atomic E-state index is 9.63. The van der Waals surface area contributed by atoms with Crippen LogP contribution in [0.4, 0.5) is 0 Å². The van der Waals surface area contributed by atoms with E-state index in [0.29, 0.717) is 13.2 Å². The normalized spacial score (nSPS) is 18.2. The molecule has 1 N–H and O–H groups in total. The molecule has 0 amide bonds. The van der Waals surface area contributed by atoms with E-state index in [-0.39, 0.29) is 0 Å². The van der Waals surface area contributed by atoms with Crippen molar-refractivity contribution in [2.24, 2.45) is 0 Å². The Morgan fingerprint density at radius 1 is 1.13 bits per heavy atom. The Kier molecular flexibility index (Phi) is 3.23. The average Bonchev–Trinajstić information content (AvgIpc) is 2.23. The molecule has 1 aromatic carbocycles. The summed E-state index contributed by atoms with van der Waals surface area (Å²) in [6.45, 7) is 0.914. The van der Waals surface area contributed by atoms with E-state index in [9.17, 15) is 5.11 Å². The predicted molar refractivity (Wildman–Crippen MR) is 56.7 cm³/mol. The van der Waals surface area contributed by atoms with E-state index >= 15 is 0 Å². The van der Waals surface area contributed by atoms with Gasteiger partial charge in [-0.2, -0.15) is 0 Å². The van der Waals surface area contributed by atoms with Gasteiger partial charge in [0.1, 0.15) is 12.4 Å². The third-order valence-corrected chi connectivity index (χ3v) is 2.60. The number of benzene rings is 1. The minimum absolute atomic E-state index is 0.436. The van der Waals surface area contributed by atoms with E-state index in [1.807, 2.05) is 30.3 Å². The van der Waals surface area contributed by atoms with E-state index in [0.717, 1.165) is 25.0 Å². The van der Waals surface area contributed by atoms with Gasteiger partial charge < -0.3 is 14.6 Å². The Morgan fingerprint density at radius 3 is 2.47 bits per heavy atom. The van der Waals surface area contributed by atoms with Crippen molar-refractivity contribution in [2.45, 2.75) is 25.0 Å². The van der Waals surface area contributed by atoms with Gasteiger partial charge in [0.15, 0.2) is 5.79 Å². The van der Waals surface area contributed by atoms with Gasteiger partial charge in [-0.3, -0.25) is 0 Å².